The number of aromatic nitrogens is 1. The van der Waals surface area contributed by atoms with E-state index in [4.69, 9.17) is 4.74 Å². The number of allylic oxidation sites excluding steroid dienone is 2. The molecule has 0 saturated carbocycles. The molecular formula is C15H20F2N2O. The second-order valence-corrected chi connectivity index (χ2v) is 5.13. The summed E-state index contributed by atoms with van der Waals surface area (Å²) >= 11 is 0. The highest BCUT2D eigenvalue weighted by Crippen LogP contribution is 2.27. The molecule has 0 amide bonds. The van der Waals surface area contributed by atoms with Gasteiger partial charge in [0.1, 0.15) is 0 Å². The first-order valence-electron chi connectivity index (χ1n) is 6.99. The molecule has 2 rings (SSSR count). The van der Waals surface area contributed by atoms with Crippen LogP contribution in [0.4, 0.5) is 14.6 Å². The van der Waals surface area contributed by atoms with Gasteiger partial charge in [-0.2, -0.15) is 4.98 Å². The number of rotatable bonds is 5. The molecule has 2 unspecified atom stereocenters. The van der Waals surface area contributed by atoms with Gasteiger partial charge in [0.15, 0.2) is 17.5 Å². The molecule has 0 radical (unpaired) electrons. The highest BCUT2D eigenvalue weighted by Gasteiger charge is 2.20. The van der Waals surface area contributed by atoms with Crippen LogP contribution in [0.1, 0.15) is 26.7 Å². The predicted molar refractivity (Wildman–Crippen MR) is 74.8 cm³/mol. The zero-order valence-electron chi connectivity index (χ0n) is 11.8. The molecule has 0 saturated heterocycles. The van der Waals surface area contributed by atoms with Gasteiger partial charge in [-0.25, -0.2) is 8.78 Å². The van der Waals surface area contributed by atoms with Crippen molar-refractivity contribution in [3.05, 3.63) is 29.9 Å². The Balaban J connectivity index is 2.05. The molecule has 1 aromatic rings. The summed E-state index contributed by atoms with van der Waals surface area (Å²) < 4.78 is 32.6. The molecule has 5 heteroatoms. The van der Waals surface area contributed by atoms with E-state index in [2.05, 4.69) is 29.4 Å². The van der Waals surface area contributed by atoms with E-state index in [1.807, 2.05) is 6.92 Å². The number of nitrogens with one attached hydrogen (secondary N) is 1. The SMILES string of the molecule is CCNc1nc(OCC2CC=CCC2C)c(F)cc1F. The predicted octanol–water partition coefficient (Wildman–Crippen LogP) is 3.77. The Morgan fingerprint density at radius 3 is 2.75 bits per heavy atom. The minimum Gasteiger partial charge on any atom is -0.475 e. The third kappa shape index (κ3) is 3.46. The number of pyridine rings is 1. The number of nitrogens with zero attached hydrogens (tertiary/aromatic N) is 1. The van der Waals surface area contributed by atoms with E-state index < -0.39 is 11.6 Å². The van der Waals surface area contributed by atoms with Crippen LogP contribution in [0.2, 0.25) is 0 Å². The molecular weight excluding hydrogens is 262 g/mol. The van der Waals surface area contributed by atoms with E-state index in [-0.39, 0.29) is 11.7 Å². The molecule has 0 aliphatic heterocycles. The molecule has 2 atom stereocenters. The molecule has 20 heavy (non-hydrogen) atoms. The Labute approximate surface area is 118 Å². The zero-order chi connectivity index (χ0) is 14.5. The largest absolute Gasteiger partial charge is 0.475 e. The van der Waals surface area contributed by atoms with Crippen LogP contribution in [0.25, 0.3) is 0 Å². The van der Waals surface area contributed by atoms with Crippen LogP contribution in [-0.4, -0.2) is 18.1 Å². The minimum atomic E-state index is -0.761. The van der Waals surface area contributed by atoms with Gasteiger partial charge in [0.05, 0.1) is 6.61 Å². The maximum atomic E-state index is 13.7. The first-order valence-corrected chi connectivity index (χ1v) is 6.99. The topological polar surface area (TPSA) is 34.2 Å². The minimum absolute atomic E-state index is 0.0282. The summed E-state index contributed by atoms with van der Waals surface area (Å²) in [6, 6.07) is 0.810. The fraction of sp³-hybridized carbons (Fsp3) is 0.533. The Morgan fingerprint density at radius 1 is 1.30 bits per heavy atom. The van der Waals surface area contributed by atoms with Crippen molar-refractivity contribution in [2.75, 3.05) is 18.5 Å². The summed E-state index contributed by atoms with van der Waals surface area (Å²) in [6.07, 6.45) is 6.20. The van der Waals surface area contributed by atoms with Gasteiger partial charge in [-0.05, 0) is 31.6 Å². The molecule has 0 fully saturated rings. The molecule has 0 bridgehead atoms. The number of hydrogen-bond acceptors (Lipinski definition) is 3. The van der Waals surface area contributed by atoms with Crippen LogP contribution >= 0.6 is 0 Å². The Hall–Kier alpha value is -1.65. The molecule has 110 valence electrons. The molecule has 1 heterocycles. The summed E-state index contributed by atoms with van der Waals surface area (Å²) in [5, 5.41) is 2.75. The lowest BCUT2D eigenvalue weighted by atomic mass is 9.85. The third-order valence-electron chi connectivity index (χ3n) is 3.59. The van der Waals surface area contributed by atoms with Crippen LogP contribution in [0.15, 0.2) is 18.2 Å². The molecule has 3 nitrogen and oxygen atoms in total. The van der Waals surface area contributed by atoms with Gasteiger partial charge in [-0.1, -0.05) is 19.1 Å². The van der Waals surface area contributed by atoms with Gasteiger partial charge in [0.25, 0.3) is 5.88 Å². The van der Waals surface area contributed by atoms with E-state index in [1.165, 1.54) is 0 Å². The van der Waals surface area contributed by atoms with Crippen molar-refractivity contribution in [1.29, 1.82) is 0 Å². The smallest absolute Gasteiger partial charge is 0.252 e. The van der Waals surface area contributed by atoms with E-state index in [0.717, 1.165) is 18.9 Å². The summed E-state index contributed by atoms with van der Waals surface area (Å²) in [4.78, 5) is 3.87. The van der Waals surface area contributed by atoms with Crippen molar-refractivity contribution >= 4 is 5.82 Å². The van der Waals surface area contributed by atoms with Gasteiger partial charge in [-0.15, -0.1) is 0 Å². The first-order chi connectivity index (χ1) is 9.61. The van der Waals surface area contributed by atoms with Crippen molar-refractivity contribution in [2.45, 2.75) is 26.7 Å². The Bertz CT molecular complexity index is 491. The van der Waals surface area contributed by atoms with Gasteiger partial charge >= 0.3 is 0 Å². The van der Waals surface area contributed by atoms with Gasteiger partial charge in [0, 0.05) is 12.6 Å². The summed E-state index contributed by atoms with van der Waals surface area (Å²) in [6.45, 7) is 4.88. The zero-order valence-corrected chi connectivity index (χ0v) is 11.8. The van der Waals surface area contributed by atoms with Crippen molar-refractivity contribution < 1.29 is 13.5 Å². The third-order valence-corrected chi connectivity index (χ3v) is 3.59. The normalized spacial score (nSPS) is 21.8. The van der Waals surface area contributed by atoms with E-state index in [0.29, 0.717) is 25.0 Å². The molecule has 0 aromatic carbocycles. The van der Waals surface area contributed by atoms with Crippen LogP contribution in [0.5, 0.6) is 5.88 Å². The van der Waals surface area contributed by atoms with Gasteiger partial charge in [0.2, 0.25) is 0 Å². The summed E-state index contributed by atoms with van der Waals surface area (Å²) in [5.74, 6) is -0.732. The lowest BCUT2D eigenvalue weighted by Gasteiger charge is -2.25. The highest BCUT2D eigenvalue weighted by atomic mass is 19.1. The monoisotopic (exact) mass is 282 g/mol. The van der Waals surface area contributed by atoms with E-state index in [9.17, 15) is 8.78 Å². The van der Waals surface area contributed by atoms with Crippen molar-refractivity contribution in [3.8, 4) is 5.88 Å². The second kappa shape index (κ2) is 6.68. The molecule has 1 aliphatic rings. The number of hydrogen-bond donors (Lipinski definition) is 1. The molecule has 1 N–H and O–H groups in total. The van der Waals surface area contributed by atoms with E-state index >= 15 is 0 Å². The maximum Gasteiger partial charge on any atom is 0.252 e. The quantitative estimate of drug-likeness (QED) is 0.835. The lowest BCUT2D eigenvalue weighted by Crippen LogP contribution is -2.22. The molecule has 1 aliphatic carbocycles. The van der Waals surface area contributed by atoms with Crippen LogP contribution in [-0.2, 0) is 0 Å². The molecule has 1 aromatic heterocycles. The summed E-state index contributed by atoms with van der Waals surface area (Å²) in [7, 11) is 0. The van der Waals surface area contributed by atoms with Crippen LogP contribution in [0, 0.1) is 23.5 Å². The Kier molecular flexibility index (Phi) is 4.93. The standard InChI is InChI=1S/C15H20F2N2O/c1-3-18-14-12(16)8-13(17)15(19-14)20-9-11-7-5-4-6-10(11)2/h4-5,8,10-11H,3,6-7,9H2,1-2H3,(H,18,19). The van der Waals surface area contributed by atoms with Crippen molar-refractivity contribution in [2.24, 2.45) is 11.8 Å². The van der Waals surface area contributed by atoms with E-state index in [1.54, 1.807) is 0 Å². The molecule has 0 spiro atoms. The average Bonchev–Trinajstić information content (AvgIpc) is 2.42. The number of anilines is 1. The number of ether oxygens (including phenoxy) is 1. The van der Waals surface area contributed by atoms with Crippen molar-refractivity contribution in [1.82, 2.24) is 4.98 Å². The first kappa shape index (κ1) is 14.8. The van der Waals surface area contributed by atoms with Crippen LogP contribution in [0.3, 0.4) is 0 Å². The Morgan fingerprint density at radius 2 is 2.05 bits per heavy atom. The summed E-state index contributed by atoms with van der Waals surface area (Å²) in [5.41, 5.74) is 0. The second-order valence-electron chi connectivity index (χ2n) is 5.13. The highest BCUT2D eigenvalue weighted by molar-refractivity contribution is 5.39. The average molecular weight is 282 g/mol. The van der Waals surface area contributed by atoms with Gasteiger partial charge < -0.3 is 10.1 Å². The lowest BCUT2D eigenvalue weighted by molar-refractivity contribution is 0.186. The fourth-order valence-corrected chi connectivity index (χ4v) is 2.27. The van der Waals surface area contributed by atoms with Gasteiger partial charge in [-0.3, -0.25) is 0 Å². The van der Waals surface area contributed by atoms with Crippen molar-refractivity contribution in [3.63, 3.8) is 0 Å². The fourth-order valence-electron chi connectivity index (χ4n) is 2.27. The number of halogens is 2. The van der Waals surface area contributed by atoms with Crippen LogP contribution < -0.4 is 10.1 Å². The maximum absolute atomic E-state index is 13.7.